The Kier molecular flexibility index (Phi) is 2.99. The lowest BCUT2D eigenvalue weighted by Gasteiger charge is -2.06. The number of nitrogens with one attached hydrogen (secondary N) is 2. The number of anilines is 2. The molecule has 0 fully saturated rings. The molecule has 2 aromatic carbocycles. The number of fused-ring (bicyclic) bond motifs is 1. The van der Waals surface area contributed by atoms with Crippen LogP contribution in [0.1, 0.15) is 21.5 Å². The van der Waals surface area contributed by atoms with Crippen LogP contribution < -0.4 is 10.6 Å². The van der Waals surface area contributed by atoms with Crippen LogP contribution in [0.25, 0.3) is 0 Å². The summed E-state index contributed by atoms with van der Waals surface area (Å²) in [6.45, 7) is 0. The largest absolute Gasteiger partial charge is 0.388 e. The molecule has 3 rings (SSSR count). The second kappa shape index (κ2) is 4.81. The molecule has 0 atom stereocenters. The lowest BCUT2D eigenvalue weighted by Crippen LogP contribution is -2.05. The average Bonchev–Trinajstić information content (AvgIpc) is 2.85. The van der Waals surface area contributed by atoms with Gasteiger partial charge in [-0.15, -0.1) is 0 Å². The normalized spacial score (nSPS) is 12.8. The van der Waals surface area contributed by atoms with Crippen LogP contribution in [-0.4, -0.2) is 18.7 Å². The maximum Gasteiger partial charge on any atom is 0.228 e. The van der Waals surface area contributed by atoms with Crippen molar-refractivity contribution in [3.63, 3.8) is 0 Å². The van der Waals surface area contributed by atoms with Crippen molar-refractivity contribution < 1.29 is 9.59 Å². The van der Waals surface area contributed by atoms with Crippen LogP contribution >= 0.6 is 0 Å². The Morgan fingerprint density at radius 1 is 1.15 bits per heavy atom. The van der Waals surface area contributed by atoms with Crippen molar-refractivity contribution in [2.45, 2.75) is 6.42 Å². The maximum atomic E-state index is 12.5. The molecular weight excluding hydrogens is 252 g/mol. The number of ketones is 1. The van der Waals surface area contributed by atoms with Crippen molar-refractivity contribution in [3.05, 3.63) is 59.2 Å². The number of carbonyl (C=O) groups excluding carboxylic acids is 2. The molecule has 2 aromatic rings. The van der Waals surface area contributed by atoms with Crippen LogP contribution in [-0.2, 0) is 11.2 Å². The van der Waals surface area contributed by atoms with Gasteiger partial charge < -0.3 is 10.6 Å². The minimum absolute atomic E-state index is 0.0261. The summed E-state index contributed by atoms with van der Waals surface area (Å²) >= 11 is 0. The highest BCUT2D eigenvalue weighted by molar-refractivity contribution is 6.11. The second-order valence-electron chi connectivity index (χ2n) is 4.76. The Bertz CT molecular complexity index is 707. The highest BCUT2D eigenvalue weighted by Gasteiger charge is 2.19. The van der Waals surface area contributed by atoms with E-state index in [9.17, 15) is 9.59 Å². The molecule has 4 nitrogen and oxygen atoms in total. The van der Waals surface area contributed by atoms with Crippen LogP contribution in [0.4, 0.5) is 11.4 Å². The summed E-state index contributed by atoms with van der Waals surface area (Å²) in [4.78, 5) is 23.8. The predicted molar refractivity (Wildman–Crippen MR) is 78.2 cm³/mol. The van der Waals surface area contributed by atoms with E-state index in [2.05, 4.69) is 10.6 Å². The van der Waals surface area contributed by atoms with Gasteiger partial charge in [-0.2, -0.15) is 0 Å². The summed E-state index contributed by atoms with van der Waals surface area (Å²) in [6.07, 6.45) is 0.388. The standard InChI is InChI=1S/C16H14N2O2/c1-17-13-4-2-3-11(7-13)16(20)12-6-5-10-9-15(19)18-14(10)8-12/h2-8,17H,9H2,1H3,(H,18,19). The van der Waals surface area contributed by atoms with E-state index in [1.165, 1.54) is 0 Å². The number of amides is 1. The van der Waals surface area contributed by atoms with Gasteiger partial charge in [0.2, 0.25) is 5.91 Å². The Morgan fingerprint density at radius 3 is 2.75 bits per heavy atom. The first-order valence-electron chi connectivity index (χ1n) is 6.42. The first kappa shape index (κ1) is 12.4. The molecule has 0 spiro atoms. The lowest BCUT2D eigenvalue weighted by atomic mass is 10.0. The fourth-order valence-corrected chi connectivity index (χ4v) is 2.34. The summed E-state index contributed by atoms with van der Waals surface area (Å²) in [5.41, 5.74) is 3.78. The molecule has 0 radical (unpaired) electrons. The monoisotopic (exact) mass is 266 g/mol. The van der Waals surface area contributed by atoms with E-state index in [4.69, 9.17) is 0 Å². The number of benzene rings is 2. The Morgan fingerprint density at radius 2 is 1.95 bits per heavy atom. The minimum Gasteiger partial charge on any atom is -0.388 e. The molecule has 1 aliphatic heterocycles. The van der Waals surface area contributed by atoms with E-state index in [0.29, 0.717) is 17.5 Å². The maximum absolute atomic E-state index is 12.5. The zero-order valence-corrected chi connectivity index (χ0v) is 11.1. The zero-order valence-electron chi connectivity index (χ0n) is 11.1. The number of hydrogen-bond acceptors (Lipinski definition) is 3. The fourth-order valence-electron chi connectivity index (χ4n) is 2.34. The highest BCUT2D eigenvalue weighted by Crippen LogP contribution is 2.25. The lowest BCUT2D eigenvalue weighted by molar-refractivity contribution is -0.115. The average molecular weight is 266 g/mol. The van der Waals surface area contributed by atoms with Gasteiger partial charge in [0.15, 0.2) is 5.78 Å². The van der Waals surface area contributed by atoms with Crippen LogP contribution in [0, 0.1) is 0 Å². The summed E-state index contributed by atoms with van der Waals surface area (Å²) in [6, 6.07) is 12.7. The second-order valence-corrected chi connectivity index (χ2v) is 4.76. The number of rotatable bonds is 3. The molecule has 1 aliphatic rings. The van der Waals surface area contributed by atoms with Gasteiger partial charge in [-0.3, -0.25) is 9.59 Å². The van der Waals surface area contributed by atoms with Crippen molar-refractivity contribution in [3.8, 4) is 0 Å². The van der Waals surface area contributed by atoms with Gasteiger partial charge in [0.25, 0.3) is 0 Å². The van der Waals surface area contributed by atoms with Crippen molar-refractivity contribution in [2.75, 3.05) is 17.7 Å². The van der Waals surface area contributed by atoms with Crippen LogP contribution in [0.2, 0.25) is 0 Å². The molecule has 0 saturated heterocycles. The fraction of sp³-hybridized carbons (Fsp3) is 0.125. The first-order chi connectivity index (χ1) is 9.67. The third kappa shape index (κ3) is 2.16. The SMILES string of the molecule is CNc1cccc(C(=O)c2ccc3c(c2)NC(=O)C3)c1. The van der Waals surface area contributed by atoms with E-state index < -0.39 is 0 Å². The topological polar surface area (TPSA) is 58.2 Å². The van der Waals surface area contributed by atoms with Crippen molar-refractivity contribution in [1.82, 2.24) is 0 Å². The predicted octanol–water partition coefficient (Wildman–Crippen LogP) is 2.45. The van der Waals surface area contributed by atoms with Gasteiger partial charge in [-0.1, -0.05) is 24.3 Å². The molecule has 0 aromatic heterocycles. The molecule has 1 amide bonds. The molecule has 0 saturated carbocycles. The van der Waals surface area contributed by atoms with Crippen LogP contribution in [0.3, 0.4) is 0 Å². The third-order valence-electron chi connectivity index (χ3n) is 3.41. The molecule has 1 heterocycles. The molecule has 0 bridgehead atoms. The van der Waals surface area contributed by atoms with Crippen LogP contribution in [0.15, 0.2) is 42.5 Å². The molecule has 4 heteroatoms. The smallest absolute Gasteiger partial charge is 0.228 e. The van der Waals surface area contributed by atoms with Crippen molar-refractivity contribution >= 4 is 23.1 Å². The molecule has 0 unspecified atom stereocenters. The van der Waals surface area contributed by atoms with E-state index in [1.54, 1.807) is 18.2 Å². The Balaban J connectivity index is 1.95. The van der Waals surface area contributed by atoms with E-state index in [-0.39, 0.29) is 11.7 Å². The molecule has 0 aliphatic carbocycles. The highest BCUT2D eigenvalue weighted by atomic mass is 16.1. The number of carbonyl (C=O) groups is 2. The minimum atomic E-state index is -0.0500. The van der Waals surface area contributed by atoms with Gasteiger partial charge in [-0.05, 0) is 23.8 Å². The van der Waals surface area contributed by atoms with Crippen LogP contribution in [0.5, 0.6) is 0 Å². The summed E-state index contributed by atoms with van der Waals surface area (Å²) in [7, 11) is 1.81. The van der Waals surface area contributed by atoms with E-state index >= 15 is 0 Å². The zero-order chi connectivity index (χ0) is 14.1. The van der Waals surface area contributed by atoms with Crippen molar-refractivity contribution in [1.29, 1.82) is 0 Å². The van der Waals surface area contributed by atoms with E-state index in [1.807, 2.05) is 31.3 Å². The Hall–Kier alpha value is -2.62. The molecular formula is C16H14N2O2. The van der Waals surface area contributed by atoms with E-state index in [0.717, 1.165) is 16.9 Å². The van der Waals surface area contributed by atoms with Gasteiger partial charge in [0, 0.05) is 29.5 Å². The third-order valence-corrected chi connectivity index (χ3v) is 3.41. The van der Waals surface area contributed by atoms with Crippen molar-refractivity contribution in [2.24, 2.45) is 0 Å². The quantitative estimate of drug-likeness (QED) is 0.839. The molecule has 20 heavy (non-hydrogen) atoms. The summed E-state index contributed by atoms with van der Waals surface area (Å²) < 4.78 is 0. The Labute approximate surface area is 116 Å². The summed E-state index contributed by atoms with van der Waals surface area (Å²) in [5.74, 6) is -0.0761. The van der Waals surface area contributed by atoms with Gasteiger partial charge in [0.1, 0.15) is 0 Å². The molecule has 100 valence electrons. The van der Waals surface area contributed by atoms with Gasteiger partial charge >= 0.3 is 0 Å². The first-order valence-corrected chi connectivity index (χ1v) is 6.42. The van der Waals surface area contributed by atoms with Gasteiger partial charge in [0.05, 0.1) is 6.42 Å². The van der Waals surface area contributed by atoms with Gasteiger partial charge in [-0.25, -0.2) is 0 Å². The summed E-state index contributed by atoms with van der Waals surface area (Å²) in [5, 5.41) is 5.78. The number of hydrogen-bond donors (Lipinski definition) is 2. The molecule has 2 N–H and O–H groups in total.